The third-order valence-corrected chi connectivity index (χ3v) is 6.45. The molecule has 162 valence electrons. The second kappa shape index (κ2) is 8.87. The number of aromatic amines is 1. The molecule has 1 fully saturated rings. The van der Waals surface area contributed by atoms with Gasteiger partial charge in [-0.1, -0.05) is 18.2 Å². The number of carbonyl (C=O) groups is 1. The summed E-state index contributed by atoms with van der Waals surface area (Å²) in [6.45, 7) is 0.824. The molecule has 1 aliphatic heterocycles. The Hall–Kier alpha value is -3.60. The van der Waals surface area contributed by atoms with Crippen LogP contribution >= 0.6 is 0 Å². The zero-order chi connectivity index (χ0) is 21.9. The molecular formula is C27H27N3O2. The number of benzene rings is 2. The normalized spacial score (nSPS) is 15.9. The first-order valence-electron chi connectivity index (χ1n) is 11.2. The van der Waals surface area contributed by atoms with Crippen molar-refractivity contribution in [2.24, 2.45) is 0 Å². The van der Waals surface area contributed by atoms with E-state index in [-0.39, 0.29) is 11.9 Å². The van der Waals surface area contributed by atoms with Crippen molar-refractivity contribution in [2.45, 2.75) is 31.7 Å². The number of pyridine rings is 1. The average Bonchev–Trinajstić information content (AvgIpc) is 3.48. The van der Waals surface area contributed by atoms with Gasteiger partial charge in [0.1, 0.15) is 5.75 Å². The van der Waals surface area contributed by atoms with E-state index in [1.54, 1.807) is 7.11 Å². The summed E-state index contributed by atoms with van der Waals surface area (Å²) in [4.78, 5) is 23.0. The van der Waals surface area contributed by atoms with Crippen LogP contribution in [0.5, 0.6) is 5.75 Å². The second-order valence-electron chi connectivity index (χ2n) is 8.28. The molecule has 5 rings (SSSR count). The Kier molecular flexibility index (Phi) is 5.63. The predicted molar refractivity (Wildman–Crippen MR) is 127 cm³/mol. The number of amides is 1. The Balaban J connectivity index is 1.40. The smallest absolute Gasteiger partial charge is 0.223 e. The number of H-pyrrole nitrogens is 1. The van der Waals surface area contributed by atoms with E-state index in [9.17, 15) is 4.79 Å². The van der Waals surface area contributed by atoms with Crippen molar-refractivity contribution < 1.29 is 9.53 Å². The molecule has 2 aromatic heterocycles. The predicted octanol–water partition coefficient (Wildman–Crippen LogP) is 5.53. The number of hydrogen-bond donors (Lipinski definition) is 1. The monoisotopic (exact) mass is 425 g/mol. The first kappa shape index (κ1) is 20.3. The Morgan fingerprint density at radius 1 is 1.09 bits per heavy atom. The van der Waals surface area contributed by atoms with Gasteiger partial charge in [-0.15, -0.1) is 0 Å². The Morgan fingerprint density at radius 2 is 1.88 bits per heavy atom. The third kappa shape index (κ3) is 3.86. The molecule has 5 nitrogen and oxygen atoms in total. The number of aryl methyl sites for hydroxylation is 1. The van der Waals surface area contributed by atoms with Crippen LogP contribution in [0, 0.1) is 0 Å². The van der Waals surface area contributed by atoms with Gasteiger partial charge in [0, 0.05) is 42.0 Å². The highest BCUT2D eigenvalue weighted by Crippen LogP contribution is 2.35. The largest absolute Gasteiger partial charge is 0.497 e. The number of carbonyl (C=O) groups excluding carboxylic acids is 1. The van der Waals surface area contributed by atoms with Gasteiger partial charge in [0.05, 0.1) is 13.2 Å². The van der Waals surface area contributed by atoms with Crippen molar-refractivity contribution in [2.75, 3.05) is 13.7 Å². The van der Waals surface area contributed by atoms with E-state index in [1.807, 2.05) is 42.7 Å². The van der Waals surface area contributed by atoms with Gasteiger partial charge in [0.25, 0.3) is 0 Å². The van der Waals surface area contributed by atoms with E-state index >= 15 is 0 Å². The maximum absolute atomic E-state index is 13.3. The first-order chi connectivity index (χ1) is 15.7. The molecule has 1 aliphatic rings. The lowest BCUT2D eigenvalue weighted by Crippen LogP contribution is -2.30. The van der Waals surface area contributed by atoms with Crippen LogP contribution in [0.25, 0.3) is 22.2 Å². The SMILES string of the molecule is COc1ccc(-c2[nH]c3ccccc3c2CCC(=O)N2CCCC2c2ccncc2)cc1. The van der Waals surface area contributed by atoms with Gasteiger partial charge in [-0.25, -0.2) is 0 Å². The summed E-state index contributed by atoms with van der Waals surface area (Å²) in [5.41, 5.74) is 5.64. The molecule has 1 atom stereocenters. The Labute approximate surface area is 188 Å². The molecule has 1 saturated heterocycles. The summed E-state index contributed by atoms with van der Waals surface area (Å²) in [7, 11) is 1.67. The molecule has 32 heavy (non-hydrogen) atoms. The molecule has 2 aromatic carbocycles. The van der Waals surface area contributed by atoms with Crippen LogP contribution in [0.3, 0.4) is 0 Å². The standard InChI is InChI=1S/C27H27N3O2/c1-32-21-10-8-20(9-11-21)27-23(22-5-2-3-6-24(22)29-27)12-13-26(31)30-18-4-7-25(30)19-14-16-28-17-15-19/h2-3,5-6,8-11,14-17,25,29H,4,7,12-13,18H2,1H3. The lowest BCUT2D eigenvalue weighted by molar-refractivity contribution is -0.132. The number of ether oxygens (including phenoxy) is 1. The molecule has 4 aromatic rings. The van der Waals surface area contributed by atoms with Gasteiger partial charge in [-0.05, 0) is 78.4 Å². The van der Waals surface area contributed by atoms with Crippen LogP contribution in [-0.2, 0) is 11.2 Å². The first-order valence-corrected chi connectivity index (χ1v) is 11.2. The molecule has 1 amide bonds. The second-order valence-corrected chi connectivity index (χ2v) is 8.28. The van der Waals surface area contributed by atoms with Crippen molar-refractivity contribution in [3.05, 3.63) is 84.2 Å². The number of para-hydroxylation sites is 1. The number of hydrogen-bond acceptors (Lipinski definition) is 3. The number of rotatable bonds is 6. The van der Waals surface area contributed by atoms with Crippen LogP contribution < -0.4 is 4.74 Å². The van der Waals surface area contributed by atoms with Crippen LogP contribution in [0.4, 0.5) is 0 Å². The molecule has 0 spiro atoms. The molecular weight excluding hydrogens is 398 g/mol. The van der Waals surface area contributed by atoms with Crippen molar-refractivity contribution in [3.8, 4) is 17.0 Å². The highest BCUT2D eigenvalue weighted by molar-refractivity contribution is 5.91. The molecule has 0 saturated carbocycles. The summed E-state index contributed by atoms with van der Waals surface area (Å²) in [6.07, 6.45) is 6.87. The minimum Gasteiger partial charge on any atom is -0.497 e. The van der Waals surface area contributed by atoms with E-state index in [2.05, 4.69) is 45.2 Å². The van der Waals surface area contributed by atoms with Gasteiger partial charge in [-0.3, -0.25) is 9.78 Å². The molecule has 0 aliphatic carbocycles. The summed E-state index contributed by atoms with van der Waals surface area (Å²) in [5.74, 6) is 1.05. The Bertz CT molecular complexity index is 1210. The van der Waals surface area contributed by atoms with Crippen LogP contribution in [0.1, 0.15) is 36.4 Å². The lowest BCUT2D eigenvalue weighted by Gasteiger charge is -2.25. The van der Waals surface area contributed by atoms with E-state index in [1.165, 1.54) is 16.5 Å². The van der Waals surface area contributed by atoms with E-state index < -0.39 is 0 Å². The third-order valence-electron chi connectivity index (χ3n) is 6.45. The summed E-state index contributed by atoms with van der Waals surface area (Å²) >= 11 is 0. The number of nitrogens with zero attached hydrogens (tertiary/aromatic N) is 2. The summed E-state index contributed by atoms with van der Waals surface area (Å²) in [6, 6.07) is 20.6. The average molecular weight is 426 g/mol. The van der Waals surface area contributed by atoms with Gasteiger partial charge in [-0.2, -0.15) is 0 Å². The maximum Gasteiger partial charge on any atom is 0.223 e. The van der Waals surface area contributed by atoms with Crippen LogP contribution in [0.2, 0.25) is 0 Å². The van der Waals surface area contributed by atoms with Crippen molar-refractivity contribution in [1.29, 1.82) is 0 Å². The lowest BCUT2D eigenvalue weighted by atomic mass is 10.00. The topological polar surface area (TPSA) is 58.2 Å². The Morgan fingerprint density at radius 3 is 2.66 bits per heavy atom. The zero-order valence-corrected chi connectivity index (χ0v) is 18.3. The number of likely N-dealkylation sites (tertiary alicyclic amines) is 1. The summed E-state index contributed by atoms with van der Waals surface area (Å²) < 4.78 is 5.31. The maximum atomic E-state index is 13.3. The molecule has 5 heteroatoms. The number of methoxy groups -OCH3 is 1. The molecule has 1 N–H and O–H groups in total. The zero-order valence-electron chi connectivity index (χ0n) is 18.3. The fourth-order valence-electron chi connectivity index (χ4n) is 4.84. The molecule has 0 radical (unpaired) electrons. The van der Waals surface area contributed by atoms with Crippen molar-refractivity contribution >= 4 is 16.8 Å². The van der Waals surface area contributed by atoms with Gasteiger partial charge in [0.15, 0.2) is 0 Å². The highest BCUT2D eigenvalue weighted by atomic mass is 16.5. The van der Waals surface area contributed by atoms with Crippen molar-refractivity contribution in [3.63, 3.8) is 0 Å². The van der Waals surface area contributed by atoms with E-state index in [0.29, 0.717) is 12.8 Å². The van der Waals surface area contributed by atoms with Crippen molar-refractivity contribution in [1.82, 2.24) is 14.9 Å². The van der Waals surface area contributed by atoms with Crippen LogP contribution in [0.15, 0.2) is 73.1 Å². The van der Waals surface area contributed by atoms with Gasteiger partial charge < -0.3 is 14.6 Å². The fraction of sp³-hybridized carbons (Fsp3) is 0.259. The van der Waals surface area contributed by atoms with Crippen LogP contribution in [-0.4, -0.2) is 34.4 Å². The quantitative estimate of drug-likeness (QED) is 0.442. The van der Waals surface area contributed by atoms with E-state index in [0.717, 1.165) is 41.9 Å². The van der Waals surface area contributed by atoms with E-state index in [4.69, 9.17) is 4.74 Å². The minimum absolute atomic E-state index is 0.162. The number of aromatic nitrogens is 2. The number of nitrogens with one attached hydrogen (secondary N) is 1. The van der Waals surface area contributed by atoms with Gasteiger partial charge >= 0.3 is 0 Å². The molecule has 1 unspecified atom stereocenters. The summed E-state index contributed by atoms with van der Waals surface area (Å²) in [5, 5.41) is 1.18. The van der Waals surface area contributed by atoms with Gasteiger partial charge in [0.2, 0.25) is 5.91 Å². The fourth-order valence-corrected chi connectivity index (χ4v) is 4.84. The number of fused-ring (bicyclic) bond motifs is 1. The highest BCUT2D eigenvalue weighted by Gasteiger charge is 2.29. The molecule has 3 heterocycles. The molecule has 0 bridgehead atoms. The minimum atomic E-state index is 0.162.